The Balaban J connectivity index is 1.76. The Labute approximate surface area is 129 Å². The summed E-state index contributed by atoms with van der Waals surface area (Å²) in [5.41, 5.74) is 1.72. The third kappa shape index (κ3) is 2.68. The van der Waals surface area contributed by atoms with Crippen LogP contribution in [-0.2, 0) is 0 Å². The van der Waals surface area contributed by atoms with Crippen LogP contribution in [0, 0.1) is 10.1 Å². The Morgan fingerprint density at radius 3 is 2.82 bits per heavy atom. The zero-order chi connectivity index (χ0) is 15.7. The minimum atomic E-state index is -0.510. The van der Waals surface area contributed by atoms with Gasteiger partial charge in [0, 0.05) is 6.07 Å². The summed E-state index contributed by atoms with van der Waals surface area (Å²) < 4.78 is 0. The Hall–Kier alpha value is -2.74. The van der Waals surface area contributed by atoms with Crippen molar-refractivity contribution in [2.24, 2.45) is 0 Å². The van der Waals surface area contributed by atoms with Crippen LogP contribution in [0.2, 0.25) is 0 Å². The summed E-state index contributed by atoms with van der Waals surface area (Å²) in [6.45, 7) is 1.80. The van der Waals surface area contributed by atoms with E-state index in [4.69, 9.17) is 0 Å². The highest BCUT2D eigenvalue weighted by atomic mass is 32.1. The van der Waals surface area contributed by atoms with Crippen LogP contribution < -0.4 is 5.32 Å². The number of aromatic amines is 1. The van der Waals surface area contributed by atoms with E-state index >= 15 is 0 Å². The molecule has 1 aromatic carbocycles. The number of fused-ring (bicyclic) bond motifs is 1. The summed E-state index contributed by atoms with van der Waals surface area (Å²) in [5, 5.41) is 13.4. The van der Waals surface area contributed by atoms with Crippen molar-refractivity contribution in [1.82, 2.24) is 15.3 Å². The normalized spacial score (nSPS) is 12.2. The molecule has 2 aromatic heterocycles. The predicted octanol–water partition coefficient (Wildman–Crippen LogP) is 3.02. The van der Waals surface area contributed by atoms with Gasteiger partial charge in [-0.1, -0.05) is 23.5 Å². The fraction of sp³-hybridized carbons (Fsp3) is 0.143. The fourth-order valence-corrected chi connectivity index (χ4v) is 2.79. The molecule has 22 heavy (non-hydrogen) atoms. The van der Waals surface area contributed by atoms with E-state index < -0.39 is 4.92 Å². The highest BCUT2D eigenvalue weighted by Gasteiger charge is 2.18. The van der Waals surface area contributed by atoms with Crippen LogP contribution in [0.3, 0.4) is 0 Å². The predicted molar refractivity (Wildman–Crippen MR) is 82.9 cm³/mol. The van der Waals surface area contributed by atoms with E-state index in [-0.39, 0.29) is 17.0 Å². The lowest BCUT2D eigenvalue weighted by molar-refractivity contribution is -0.380. The Morgan fingerprint density at radius 1 is 1.36 bits per heavy atom. The van der Waals surface area contributed by atoms with Crippen molar-refractivity contribution in [1.29, 1.82) is 0 Å². The second-order valence-electron chi connectivity index (χ2n) is 4.73. The molecule has 7 nitrogen and oxygen atoms in total. The van der Waals surface area contributed by atoms with Gasteiger partial charge in [-0.25, -0.2) is 4.98 Å². The molecule has 0 spiro atoms. The van der Waals surface area contributed by atoms with Gasteiger partial charge >= 0.3 is 5.00 Å². The van der Waals surface area contributed by atoms with Gasteiger partial charge in [-0.15, -0.1) is 0 Å². The lowest BCUT2D eigenvalue weighted by atomic mass is 10.3. The first-order chi connectivity index (χ1) is 10.5. The number of carbonyl (C=O) groups excluding carboxylic acids is 1. The summed E-state index contributed by atoms with van der Waals surface area (Å²) in [5.74, 6) is 0.284. The molecule has 0 unspecified atom stereocenters. The van der Waals surface area contributed by atoms with Crippen molar-refractivity contribution >= 4 is 33.3 Å². The van der Waals surface area contributed by atoms with Crippen LogP contribution in [0.25, 0.3) is 11.0 Å². The molecule has 3 rings (SSSR count). The lowest BCUT2D eigenvalue weighted by Gasteiger charge is -2.09. The molecule has 2 N–H and O–H groups in total. The number of thiophene rings is 1. The van der Waals surface area contributed by atoms with E-state index in [0.29, 0.717) is 10.7 Å². The van der Waals surface area contributed by atoms with Crippen molar-refractivity contribution in [3.8, 4) is 0 Å². The van der Waals surface area contributed by atoms with Gasteiger partial charge in [0.15, 0.2) is 0 Å². The minimum Gasteiger partial charge on any atom is -0.342 e. The maximum Gasteiger partial charge on any atom is 0.324 e. The highest BCUT2D eigenvalue weighted by Crippen LogP contribution is 2.24. The van der Waals surface area contributed by atoms with Gasteiger partial charge < -0.3 is 10.3 Å². The fourth-order valence-electron chi connectivity index (χ4n) is 2.06. The highest BCUT2D eigenvalue weighted by molar-refractivity contribution is 7.17. The zero-order valence-electron chi connectivity index (χ0n) is 11.6. The first kappa shape index (κ1) is 14.2. The molecule has 3 aromatic rings. The van der Waals surface area contributed by atoms with Crippen molar-refractivity contribution in [2.45, 2.75) is 13.0 Å². The maximum absolute atomic E-state index is 12.1. The van der Waals surface area contributed by atoms with E-state index in [2.05, 4.69) is 15.3 Å². The molecule has 0 bridgehead atoms. The van der Waals surface area contributed by atoms with Gasteiger partial charge in [0.05, 0.1) is 26.9 Å². The molecule has 1 atom stereocenters. The second kappa shape index (κ2) is 5.57. The average Bonchev–Trinajstić information content (AvgIpc) is 3.14. The van der Waals surface area contributed by atoms with Gasteiger partial charge in [0.25, 0.3) is 5.91 Å². The molecule has 0 radical (unpaired) electrons. The van der Waals surface area contributed by atoms with E-state index in [0.717, 1.165) is 22.4 Å². The minimum absolute atomic E-state index is 0.0541. The molecule has 0 aliphatic rings. The number of nitro groups is 1. The van der Waals surface area contributed by atoms with Crippen molar-refractivity contribution in [3.63, 3.8) is 0 Å². The summed E-state index contributed by atoms with van der Waals surface area (Å²) in [6, 6.07) is 10.0. The van der Waals surface area contributed by atoms with Crippen LogP contribution in [0.15, 0.2) is 36.4 Å². The maximum atomic E-state index is 12.1. The number of H-pyrrole nitrogens is 1. The third-order valence-corrected chi connectivity index (χ3v) is 4.20. The molecule has 0 aliphatic heterocycles. The zero-order valence-corrected chi connectivity index (χ0v) is 12.4. The summed E-state index contributed by atoms with van der Waals surface area (Å²) in [4.78, 5) is 30.1. The SMILES string of the molecule is C[C@H](NC(=O)c1ccc([N+](=O)[O-])s1)c1nc2ccccc2[nH]1. The van der Waals surface area contributed by atoms with Crippen LogP contribution in [-0.4, -0.2) is 20.8 Å². The number of aromatic nitrogens is 2. The quantitative estimate of drug-likeness (QED) is 0.570. The Bertz CT molecular complexity index is 822. The number of imidazole rings is 1. The summed E-state index contributed by atoms with van der Waals surface area (Å²) in [6.07, 6.45) is 0. The molecule has 0 saturated carbocycles. The molecule has 0 fully saturated rings. The van der Waals surface area contributed by atoms with Crippen molar-refractivity contribution < 1.29 is 9.72 Å². The van der Waals surface area contributed by atoms with Gasteiger partial charge in [-0.05, 0) is 25.1 Å². The van der Waals surface area contributed by atoms with Crippen molar-refractivity contribution in [2.75, 3.05) is 0 Å². The van der Waals surface area contributed by atoms with E-state index in [9.17, 15) is 14.9 Å². The lowest BCUT2D eigenvalue weighted by Crippen LogP contribution is -2.26. The molecule has 2 heterocycles. The molecule has 0 saturated heterocycles. The van der Waals surface area contributed by atoms with Crippen LogP contribution in [0.4, 0.5) is 5.00 Å². The number of rotatable bonds is 4. The molecule has 8 heteroatoms. The molecule has 0 aliphatic carbocycles. The number of carbonyl (C=O) groups is 1. The van der Waals surface area contributed by atoms with Crippen LogP contribution in [0.1, 0.15) is 28.5 Å². The number of para-hydroxylation sites is 2. The monoisotopic (exact) mass is 316 g/mol. The van der Waals surface area contributed by atoms with Crippen molar-refractivity contribution in [3.05, 3.63) is 57.2 Å². The first-order valence-electron chi connectivity index (χ1n) is 6.54. The average molecular weight is 316 g/mol. The van der Waals surface area contributed by atoms with Crippen LogP contribution in [0.5, 0.6) is 0 Å². The van der Waals surface area contributed by atoms with E-state index in [1.165, 1.54) is 12.1 Å². The molecule has 1 amide bonds. The summed E-state index contributed by atoms with van der Waals surface area (Å²) >= 11 is 0.850. The van der Waals surface area contributed by atoms with E-state index in [1.54, 1.807) is 6.92 Å². The summed E-state index contributed by atoms with van der Waals surface area (Å²) in [7, 11) is 0. The number of nitrogens with one attached hydrogen (secondary N) is 2. The molecular formula is C14H12N4O3S. The smallest absolute Gasteiger partial charge is 0.324 e. The Kier molecular flexibility index (Phi) is 3.60. The van der Waals surface area contributed by atoms with Gasteiger partial charge in [-0.3, -0.25) is 14.9 Å². The Morgan fingerprint density at radius 2 is 2.14 bits per heavy atom. The molecule has 112 valence electrons. The van der Waals surface area contributed by atoms with Gasteiger partial charge in [0.1, 0.15) is 5.82 Å². The number of nitrogens with zero attached hydrogens (tertiary/aromatic N) is 2. The number of hydrogen-bond acceptors (Lipinski definition) is 5. The second-order valence-corrected chi connectivity index (χ2v) is 5.79. The van der Waals surface area contributed by atoms with Gasteiger partial charge in [-0.2, -0.15) is 0 Å². The van der Waals surface area contributed by atoms with E-state index in [1.807, 2.05) is 24.3 Å². The molecular weight excluding hydrogens is 304 g/mol. The number of amides is 1. The first-order valence-corrected chi connectivity index (χ1v) is 7.36. The van der Waals surface area contributed by atoms with Crippen LogP contribution >= 0.6 is 11.3 Å². The number of hydrogen-bond donors (Lipinski definition) is 2. The standard InChI is InChI=1S/C14H12N4O3S/c1-8(13-16-9-4-2-3-5-10(9)17-13)15-14(19)11-6-7-12(22-11)18(20)21/h2-8H,1H3,(H,15,19)(H,16,17)/t8-/m0/s1. The number of benzene rings is 1. The largest absolute Gasteiger partial charge is 0.342 e. The van der Waals surface area contributed by atoms with Gasteiger partial charge in [0.2, 0.25) is 0 Å². The third-order valence-electron chi connectivity index (χ3n) is 3.16. The topological polar surface area (TPSA) is 101 Å².